The fraction of sp³-hybridized carbons (Fsp3) is 0.667. The molecule has 1 aliphatic carbocycles. The molecule has 3 rings (SSSR count). The molecule has 5 heteroatoms. The topological polar surface area (TPSA) is 77.8 Å². The van der Waals surface area contributed by atoms with Crippen molar-refractivity contribution in [2.75, 3.05) is 6.54 Å². The maximum Gasteiger partial charge on any atom is 0.222 e. The number of benzene rings is 1. The Hall–Kier alpha value is -1.88. The highest BCUT2D eigenvalue weighted by atomic mass is 16.3. The molecule has 1 saturated carbocycles. The molecule has 1 aliphatic heterocycles. The van der Waals surface area contributed by atoms with Gasteiger partial charge >= 0.3 is 0 Å². The number of likely N-dealkylation sites (tertiary alicyclic amines) is 1. The number of aliphatic hydroxyl groups excluding tert-OH is 1. The zero-order valence-electron chi connectivity index (χ0n) is 17.6. The smallest absolute Gasteiger partial charge is 0.222 e. The summed E-state index contributed by atoms with van der Waals surface area (Å²) in [7, 11) is 0. The number of Topliss-reactive ketones (excluding diaryl/α,β-unsaturated/α-hetero) is 1. The van der Waals surface area contributed by atoms with Gasteiger partial charge in [-0.1, -0.05) is 31.9 Å². The van der Waals surface area contributed by atoms with E-state index >= 15 is 0 Å². The summed E-state index contributed by atoms with van der Waals surface area (Å²) in [5.41, 5.74) is 0.699. The third kappa shape index (κ3) is 5.81. The lowest BCUT2D eigenvalue weighted by Gasteiger charge is -2.44. The lowest BCUT2D eigenvalue weighted by Crippen LogP contribution is -2.49. The number of hydrogen-bond donors (Lipinski definition) is 2. The van der Waals surface area contributed by atoms with E-state index in [9.17, 15) is 19.8 Å². The van der Waals surface area contributed by atoms with Gasteiger partial charge in [-0.2, -0.15) is 0 Å². The average Bonchev–Trinajstić information content (AvgIpc) is 2.73. The van der Waals surface area contributed by atoms with Gasteiger partial charge in [0.05, 0.1) is 6.10 Å². The molecule has 1 saturated heterocycles. The second kappa shape index (κ2) is 10.2. The molecule has 4 unspecified atom stereocenters. The molecule has 2 fully saturated rings. The number of phenols is 1. The third-order valence-electron chi connectivity index (χ3n) is 6.73. The van der Waals surface area contributed by atoms with Crippen LogP contribution in [0, 0.1) is 11.8 Å². The second-order valence-corrected chi connectivity index (χ2v) is 8.95. The van der Waals surface area contributed by atoms with Crippen molar-refractivity contribution >= 4 is 11.7 Å². The van der Waals surface area contributed by atoms with Gasteiger partial charge in [0.15, 0.2) is 0 Å². The molecule has 0 aromatic heterocycles. The average molecular weight is 402 g/mol. The second-order valence-electron chi connectivity index (χ2n) is 8.95. The number of nitrogens with zero attached hydrogens (tertiary/aromatic N) is 1. The lowest BCUT2D eigenvalue weighted by atomic mass is 9.78. The number of carbonyl (C=O) groups excluding carboxylic acids is 2. The van der Waals surface area contributed by atoms with Crippen molar-refractivity contribution in [3.63, 3.8) is 0 Å². The first-order valence-electron chi connectivity index (χ1n) is 11.2. The van der Waals surface area contributed by atoms with Gasteiger partial charge in [0.25, 0.3) is 0 Å². The van der Waals surface area contributed by atoms with Crippen molar-refractivity contribution in [2.24, 2.45) is 11.8 Å². The molecule has 0 radical (unpaired) electrons. The summed E-state index contributed by atoms with van der Waals surface area (Å²) in [5.74, 6) is 0.949. The largest absolute Gasteiger partial charge is 0.508 e. The Balaban J connectivity index is 1.41. The number of hydrogen-bond acceptors (Lipinski definition) is 4. The number of aliphatic hydroxyl groups is 1. The van der Waals surface area contributed by atoms with E-state index in [1.54, 1.807) is 12.1 Å². The van der Waals surface area contributed by atoms with Crippen molar-refractivity contribution in [3.05, 3.63) is 29.8 Å². The van der Waals surface area contributed by atoms with Gasteiger partial charge in [-0.15, -0.1) is 0 Å². The zero-order valence-corrected chi connectivity index (χ0v) is 17.6. The van der Waals surface area contributed by atoms with Crippen LogP contribution < -0.4 is 0 Å². The highest BCUT2D eigenvalue weighted by molar-refractivity contribution is 5.80. The molecule has 2 aliphatic rings. The summed E-state index contributed by atoms with van der Waals surface area (Å²) in [6.45, 7) is 2.74. The minimum absolute atomic E-state index is 0.0947. The fourth-order valence-corrected chi connectivity index (χ4v) is 5.09. The van der Waals surface area contributed by atoms with E-state index in [1.165, 1.54) is 37.8 Å². The molecule has 29 heavy (non-hydrogen) atoms. The Morgan fingerprint density at radius 3 is 2.52 bits per heavy atom. The molecule has 1 heterocycles. The van der Waals surface area contributed by atoms with Crippen LogP contribution in [-0.2, 0) is 9.59 Å². The van der Waals surface area contributed by atoms with Gasteiger partial charge < -0.3 is 15.1 Å². The Bertz CT molecular complexity index is 685. The first-order valence-corrected chi connectivity index (χ1v) is 11.2. The Kier molecular flexibility index (Phi) is 7.70. The molecule has 1 aromatic rings. The van der Waals surface area contributed by atoms with Crippen LogP contribution in [0.5, 0.6) is 5.75 Å². The van der Waals surface area contributed by atoms with Crippen molar-refractivity contribution in [1.29, 1.82) is 0 Å². The van der Waals surface area contributed by atoms with Crippen LogP contribution in [0.1, 0.15) is 82.8 Å². The van der Waals surface area contributed by atoms with Crippen LogP contribution in [0.3, 0.4) is 0 Å². The van der Waals surface area contributed by atoms with Crippen LogP contribution in [0.4, 0.5) is 0 Å². The number of amides is 1. The predicted molar refractivity (Wildman–Crippen MR) is 112 cm³/mol. The quantitative estimate of drug-likeness (QED) is 0.678. The lowest BCUT2D eigenvalue weighted by molar-refractivity contribution is -0.137. The standard InChI is InChI=1S/C24H35NO4/c1-17(24(29)19-11-13-20(26)14-12-19)16-21(27)8-4-10-23(28)25-15-5-7-18-6-2-3-9-22(18)25/h11-14,17-18,22,24,26,29H,2-10,15-16H2,1H3. The van der Waals surface area contributed by atoms with E-state index in [0.717, 1.165) is 19.4 Å². The fourth-order valence-electron chi connectivity index (χ4n) is 5.09. The van der Waals surface area contributed by atoms with E-state index in [-0.39, 0.29) is 23.4 Å². The number of aromatic hydroxyl groups is 1. The van der Waals surface area contributed by atoms with Crippen LogP contribution in [0.2, 0.25) is 0 Å². The van der Waals surface area contributed by atoms with E-state index in [4.69, 9.17) is 0 Å². The van der Waals surface area contributed by atoms with E-state index in [0.29, 0.717) is 43.2 Å². The van der Waals surface area contributed by atoms with Crippen molar-refractivity contribution in [3.8, 4) is 5.75 Å². The first-order chi connectivity index (χ1) is 14.0. The van der Waals surface area contributed by atoms with Gasteiger partial charge in [-0.3, -0.25) is 9.59 Å². The van der Waals surface area contributed by atoms with Crippen LogP contribution in [0.25, 0.3) is 0 Å². The molecule has 5 nitrogen and oxygen atoms in total. The van der Waals surface area contributed by atoms with Gasteiger partial charge in [0.1, 0.15) is 11.5 Å². The molecule has 0 bridgehead atoms. The van der Waals surface area contributed by atoms with Gasteiger partial charge in [0.2, 0.25) is 5.91 Å². The normalized spacial score (nSPS) is 23.9. The number of rotatable bonds is 8. The van der Waals surface area contributed by atoms with Gasteiger partial charge in [-0.05, 0) is 61.6 Å². The predicted octanol–water partition coefficient (Wildman–Crippen LogP) is 4.37. The van der Waals surface area contributed by atoms with E-state index < -0.39 is 6.10 Å². The summed E-state index contributed by atoms with van der Waals surface area (Å²) in [5, 5.41) is 19.8. The molecular formula is C24H35NO4. The molecular weight excluding hydrogens is 366 g/mol. The van der Waals surface area contributed by atoms with Crippen LogP contribution in [0.15, 0.2) is 24.3 Å². The minimum atomic E-state index is -0.738. The van der Waals surface area contributed by atoms with Crippen molar-refractivity contribution < 1.29 is 19.8 Å². The maximum atomic E-state index is 12.7. The number of carbonyl (C=O) groups is 2. The highest BCUT2D eigenvalue weighted by Crippen LogP contribution is 2.35. The summed E-state index contributed by atoms with van der Waals surface area (Å²) in [4.78, 5) is 27.2. The number of ketones is 1. The summed E-state index contributed by atoms with van der Waals surface area (Å²) < 4.78 is 0. The molecule has 1 amide bonds. The zero-order chi connectivity index (χ0) is 20.8. The molecule has 2 N–H and O–H groups in total. The number of phenolic OH excluding ortho intramolecular Hbond substituents is 1. The SMILES string of the molecule is CC(CC(=O)CCCC(=O)N1CCCC2CCCCC21)C(O)c1ccc(O)cc1. The molecule has 160 valence electrons. The maximum absolute atomic E-state index is 12.7. The summed E-state index contributed by atoms with van der Waals surface area (Å²) in [6, 6.07) is 6.86. The van der Waals surface area contributed by atoms with Crippen LogP contribution >= 0.6 is 0 Å². The van der Waals surface area contributed by atoms with E-state index in [1.807, 2.05) is 6.92 Å². The Labute approximate surface area is 174 Å². The minimum Gasteiger partial charge on any atom is -0.508 e. The summed E-state index contributed by atoms with van der Waals surface area (Å²) >= 11 is 0. The van der Waals surface area contributed by atoms with Gasteiger partial charge in [0, 0.05) is 31.8 Å². The molecule has 1 aromatic carbocycles. The monoisotopic (exact) mass is 401 g/mol. The number of fused-ring (bicyclic) bond motifs is 1. The first kappa shape index (κ1) is 21.8. The Morgan fingerprint density at radius 1 is 1.07 bits per heavy atom. The van der Waals surface area contributed by atoms with Gasteiger partial charge in [-0.25, -0.2) is 0 Å². The van der Waals surface area contributed by atoms with Crippen molar-refractivity contribution in [2.45, 2.75) is 83.3 Å². The Morgan fingerprint density at radius 2 is 1.76 bits per heavy atom. The summed E-state index contributed by atoms with van der Waals surface area (Å²) in [6.07, 6.45) is 8.28. The molecule has 4 atom stereocenters. The van der Waals surface area contributed by atoms with Crippen molar-refractivity contribution in [1.82, 2.24) is 4.90 Å². The van der Waals surface area contributed by atoms with Crippen LogP contribution in [-0.4, -0.2) is 39.4 Å². The van der Waals surface area contributed by atoms with E-state index in [2.05, 4.69) is 4.90 Å². The highest BCUT2D eigenvalue weighted by Gasteiger charge is 2.35. The third-order valence-corrected chi connectivity index (χ3v) is 6.73. The number of piperidine rings is 1. The molecule has 0 spiro atoms.